The molecule has 7 nitrogen and oxygen atoms in total. The predicted molar refractivity (Wildman–Crippen MR) is 94.8 cm³/mol. The second kappa shape index (κ2) is 6.44. The third-order valence-corrected chi connectivity index (χ3v) is 9.73. The average Bonchev–Trinajstić information content (AvgIpc) is 2.83. The first-order valence-electron chi connectivity index (χ1n) is 7.94. The van der Waals surface area contributed by atoms with Crippen LogP contribution in [0.15, 0.2) is 10.7 Å². The van der Waals surface area contributed by atoms with Gasteiger partial charge in [-0.2, -0.15) is 0 Å². The lowest BCUT2D eigenvalue weighted by atomic mass is 10.1. The molecule has 2 aliphatic heterocycles. The molecule has 1 unspecified atom stereocenters. The van der Waals surface area contributed by atoms with E-state index in [1.54, 1.807) is 0 Å². The van der Waals surface area contributed by atoms with Gasteiger partial charge < -0.3 is 18.6 Å². The van der Waals surface area contributed by atoms with E-state index in [0.29, 0.717) is 0 Å². The molecule has 2 aliphatic rings. The highest BCUT2D eigenvalue weighted by Gasteiger charge is 2.57. The lowest BCUT2D eigenvalue weighted by Gasteiger charge is -2.39. The van der Waals surface area contributed by atoms with Crippen molar-refractivity contribution in [2.45, 2.75) is 83.1 Å². The Bertz CT molecular complexity index is 545. The van der Waals surface area contributed by atoms with Crippen molar-refractivity contribution in [2.75, 3.05) is 0 Å². The number of nitrogens with zero attached hydrogens (tertiary/aromatic N) is 1. The minimum Gasteiger partial charge on any atom is -0.390 e. The Morgan fingerprint density at radius 1 is 1.29 bits per heavy atom. The Morgan fingerprint density at radius 3 is 2.33 bits per heavy atom. The first-order chi connectivity index (χ1) is 10.7. The van der Waals surface area contributed by atoms with Crippen molar-refractivity contribution >= 4 is 24.2 Å². The molecule has 0 N–H and O–H groups in total. The molecule has 2 heterocycles. The highest BCUT2D eigenvalue weighted by Crippen LogP contribution is 2.44. The first-order valence-corrected chi connectivity index (χ1v) is 11.6. The molecule has 0 saturated carbocycles. The predicted octanol–water partition coefficient (Wildman–Crippen LogP) is 3.77. The molecule has 0 aliphatic carbocycles. The van der Waals surface area contributed by atoms with Crippen LogP contribution in [-0.2, 0) is 18.6 Å². The van der Waals surface area contributed by atoms with Crippen molar-refractivity contribution in [2.24, 2.45) is 0 Å². The normalized spacial score (nSPS) is 33.6. The van der Waals surface area contributed by atoms with Crippen molar-refractivity contribution < 1.29 is 23.6 Å². The minimum atomic E-state index is -2.09. The lowest BCUT2D eigenvalue weighted by molar-refractivity contribution is -0.409. The molecule has 0 aromatic heterocycles. The van der Waals surface area contributed by atoms with Gasteiger partial charge in [0.15, 0.2) is 20.4 Å². The SMILES string of the molecule is CC1(C)O[C@@H]2[C@@H](O[Si](C)(C)C(C)(C)C)OC(/C=C(\Br)[N+](=O)[O-])[C@@H]2O1. The zero-order chi connectivity index (χ0) is 18.5. The second-order valence-corrected chi connectivity index (χ2v) is 13.7. The van der Waals surface area contributed by atoms with Gasteiger partial charge >= 0.3 is 4.61 Å². The van der Waals surface area contributed by atoms with Crippen LogP contribution >= 0.6 is 15.9 Å². The van der Waals surface area contributed by atoms with Gasteiger partial charge in [0.05, 0.1) is 4.92 Å². The number of ether oxygens (including phenoxy) is 3. The summed E-state index contributed by atoms with van der Waals surface area (Å²) in [4.78, 5) is 10.4. The molecular formula is C15H26BrNO6Si. The maximum Gasteiger partial charge on any atom is 0.309 e. The fourth-order valence-corrected chi connectivity index (χ4v) is 3.87. The third-order valence-electron chi connectivity index (χ3n) is 4.74. The van der Waals surface area contributed by atoms with E-state index >= 15 is 0 Å². The van der Waals surface area contributed by atoms with Crippen LogP contribution in [-0.4, -0.2) is 43.6 Å². The molecule has 2 fully saturated rings. The number of halogens is 1. The summed E-state index contributed by atoms with van der Waals surface area (Å²) in [5.41, 5.74) is 0. The number of hydrogen-bond donors (Lipinski definition) is 0. The van der Waals surface area contributed by atoms with Crippen LogP contribution in [0.2, 0.25) is 18.1 Å². The van der Waals surface area contributed by atoms with Gasteiger partial charge in [-0.05, 0) is 32.0 Å². The topological polar surface area (TPSA) is 80.1 Å². The van der Waals surface area contributed by atoms with Crippen LogP contribution < -0.4 is 0 Å². The Labute approximate surface area is 152 Å². The van der Waals surface area contributed by atoms with Gasteiger partial charge in [0.2, 0.25) is 0 Å². The van der Waals surface area contributed by atoms with Crippen LogP contribution in [0.5, 0.6) is 0 Å². The third kappa shape index (κ3) is 4.08. The molecule has 138 valence electrons. The van der Waals surface area contributed by atoms with Gasteiger partial charge in [-0.15, -0.1) is 0 Å². The fourth-order valence-electron chi connectivity index (χ4n) is 2.48. The molecule has 0 amide bonds. The summed E-state index contributed by atoms with van der Waals surface area (Å²) in [6.45, 7) is 14.3. The molecule has 0 aromatic rings. The highest BCUT2D eigenvalue weighted by molar-refractivity contribution is 9.11. The monoisotopic (exact) mass is 423 g/mol. The van der Waals surface area contributed by atoms with E-state index in [1.165, 1.54) is 6.08 Å². The second-order valence-electron chi connectivity index (χ2n) is 8.16. The quantitative estimate of drug-likeness (QED) is 0.296. The largest absolute Gasteiger partial charge is 0.390 e. The first kappa shape index (κ1) is 20.0. The molecule has 0 radical (unpaired) electrons. The summed E-state index contributed by atoms with van der Waals surface area (Å²) in [6.07, 6.45) is -0.667. The average molecular weight is 424 g/mol. The van der Waals surface area contributed by atoms with Gasteiger partial charge in [-0.25, -0.2) is 0 Å². The Morgan fingerprint density at radius 2 is 1.83 bits per heavy atom. The van der Waals surface area contributed by atoms with Gasteiger partial charge in [-0.1, -0.05) is 20.8 Å². The Balaban J connectivity index is 2.25. The van der Waals surface area contributed by atoms with Gasteiger partial charge in [0.1, 0.15) is 18.3 Å². The summed E-state index contributed by atoms with van der Waals surface area (Å²) in [7, 11) is -2.09. The Kier molecular flexibility index (Phi) is 5.37. The number of rotatable bonds is 4. The van der Waals surface area contributed by atoms with Crippen LogP contribution in [0.25, 0.3) is 0 Å². The van der Waals surface area contributed by atoms with E-state index in [-0.39, 0.29) is 9.64 Å². The molecule has 2 rings (SSSR count). The van der Waals surface area contributed by atoms with E-state index in [0.717, 1.165) is 0 Å². The molecule has 9 heteroatoms. The summed E-state index contributed by atoms with van der Waals surface area (Å²) in [5, 5.41) is 10.9. The molecule has 0 bridgehead atoms. The number of fused-ring (bicyclic) bond motifs is 1. The van der Waals surface area contributed by atoms with Crippen molar-refractivity contribution in [1.29, 1.82) is 0 Å². The van der Waals surface area contributed by atoms with Gasteiger partial charge in [0, 0.05) is 22.0 Å². The summed E-state index contributed by atoms with van der Waals surface area (Å²) < 4.78 is 24.0. The van der Waals surface area contributed by atoms with E-state index < -0.39 is 43.6 Å². The van der Waals surface area contributed by atoms with Gasteiger partial charge in [0.25, 0.3) is 0 Å². The minimum absolute atomic E-state index is 0.0101. The van der Waals surface area contributed by atoms with E-state index in [4.69, 9.17) is 18.6 Å². The molecule has 24 heavy (non-hydrogen) atoms. The maximum atomic E-state index is 10.9. The van der Waals surface area contributed by atoms with Crippen LogP contribution in [0.4, 0.5) is 0 Å². The van der Waals surface area contributed by atoms with Crippen molar-refractivity contribution in [1.82, 2.24) is 0 Å². The van der Waals surface area contributed by atoms with Crippen LogP contribution in [0.1, 0.15) is 34.6 Å². The lowest BCUT2D eigenvalue weighted by Crippen LogP contribution is -2.47. The van der Waals surface area contributed by atoms with Crippen LogP contribution in [0, 0.1) is 10.1 Å². The fraction of sp³-hybridized carbons (Fsp3) is 0.867. The summed E-state index contributed by atoms with van der Waals surface area (Å²) >= 11 is 2.94. The van der Waals surface area contributed by atoms with Gasteiger partial charge in [-0.3, -0.25) is 10.1 Å². The Hall–Kier alpha value is -0.323. The molecule has 0 spiro atoms. The maximum absolute atomic E-state index is 10.9. The van der Waals surface area contributed by atoms with Crippen molar-refractivity contribution in [3.8, 4) is 0 Å². The zero-order valence-corrected chi connectivity index (χ0v) is 17.7. The van der Waals surface area contributed by atoms with Crippen LogP contribution in [0.3, 0.4) is 0 Å². The number of nitro groups is 1. The summed E-state index contributed by atoms with van der Waals surface area (Å²) in [6, 6.07) is 0. The number of hydrogen-bond acceptors (Lipinski definition) is 6. The molecule has 0 aromatic carbocycles. The van der Waals surface area contributed by atoms with E-state index in [1.807, 2.05) is 13.8 Å². The molecule has 4 atom stereocenters. The van der Waals surface area contributed by atoms with E-state index in [2.05, 4.69) is 49.8 Å². The standard InChI is InChI=1S/C15H26BrNO6Si/c1-14(2,3)24(6,7)23-13-12-11(21-15(4,5)22-12)9(20-13)8-10(16)17(18)19/h8-9,11-13H,1-7H3/b10-8+/t9?,11-,12-,13+/m0/s1. The molecular weight excluding hydrogens is 398 g/mol. The van der Waals surface area contributed by atoms with Crippen molar-refractivity contribution in [3.05, 3.63) is 20.8 Å². The van der Waals surface area contributed by atoms with E-state index in [9.17, 15) is 10.1 Å². The smallest absolute Gasteiger partial charge is 0.309 e. The summed E-state index contributed by atoms with van der Waals surface area (Å²) in [5.74, 6) is -0.776. The molecule has 2 saturated heterocycles. The van der Waals surface area contributed by atoms with Crippen molar-refractivity contribution in [3.63, 3.8) is 0 Å². The highest BCUT2D eigenvalue weighted by atomic mass is 79.9. The zero-order valence-electron chi connectivity index (χ0n) is 15.2.